The molecule has 0 aliphatic rings. The van der Waals surface area contributed by atoms with Crippen molar-refractivity contribution in [3.8, 4) is 5.75 Å². The summed E-state index contributed by atoms with van der Waals surface area (Å²) in [7, 11) is 5.54. The number of carbonyl (C=O) groups excluding carboxylic acids is 1. The van der Waals surface area contributed by atoms with E-state index in [-0.39, 0.29) is 30.8 Å². The molecule has 1 aromatic heterocycles. The van der Waals surface area contributed by atoms with Crippen LogP contribution in [0.4, 0.5) is 21.9 Å². The summed E-state index contributed by atoms with van der Waals surface area (Å²) in [5, 5.41) is 6.52. The van der Waals surface area contributed by atoms with Gasteiger partial charge in [0, 0.05) is 37.1 Å². The molecule has 144 valence electrons. The maximum atomic E-state index is 12.3. The minimum atomic E-state index is -0.312. The van der Waals surface area contributed by atoms with Crippen molar-refractivity contribution in [3.63, 3.8) is 0 Å². The third kappa shape index (κ3) is 5.15. The zero-order valence-corrected chi connectivity index (χ0v) is 16.9. The molecule has 6 nitrogen and oxygen atoms in total. The fourth-order valence-electron chi connectivity index (χ4n) is 2.55. The van der Waals surface area contributed by atoms with Crippen molar-refractivity contribution in [2.45, 2.75) is 0 Å². The number of ether oxygens (including phenoxy) is 1. The second-order valence-corrected chi connectivity index (χ2v) is 5.74. The molecule has 0 bridgehead atoms. The number of para-hydroxylation sites is 1. The number of amides is 2. The molecule has 0 aliphatic heterocycles. The van der Waals surface area contributed by atoms with Gasteiger partial charge in [0.25, 0.3) is 0 Å². The number of benzene rings is 2. The van der Waals surface area contributed by atoms with Crippen LogP contribution < -0.4 is 20.3 Å². The van der Waals surface area contributed by atoms with Crippen molar-refractivity contribution in [3.05, 3.63) is 54.7 Å². The third-order valence-corrected chi connectivity index (χ3v) is 3.84. The van der Waals surface area contributed by atoms with Gasteiger partial charge in [-0.05, 0) is 36.4 Å². The Kier molecular flexibility index (Phi) is 8.15. The van der Waals surface area contributed by atoms with E-state index >= 15 is 0 Å². The Hall–Kier alpha value is -2.70. The van der Waals surface area contributed by atoms with Crippen molar-refractivity contribution in [2.75, 3.05) is 36.7 Å². The van der Waals surface area contributed by atoms with Gasteiger partial charge < -0.3 is 20.3 Å². The van der Waals surface area contributed by atoms with Crippen LogP contribution in [-0.2, 0) is 0 Å². The highest BCUT2D eigenvalue weighted by molar-refractivity contribution is 6.06. The van der Waals surface area contributed by atoms with Crippen LogP contribution in [0.3, 0.4) is 0 Å². The van der Waals surface area contributed by atoms with Crippen molar-refractivity contribution in [1.29, 1.82) is 0 Å². The van der Waals surface area contributed by atoms with Crippen LogP contribution >= 0.6 is 24.8 Å². The van der Waals surface area contributed by atoms with Gasteiger partial charge in [-0.3, -0.25) is 4.98 Å². The summed E-state index contributed by atoms with van der Waals surface area (Å²) in [6.07, 6.45) is 1.65. The molecule has 1 heterocycles. The smallest absolute Gasteiger partial charge is 0.323 e. The average molecular weight is 409 g/mol. The molecule has 2 aromatic carbocycles. The molecule has 0 unspecified atom stereocenters. The highest BCUT2D eigenvalue weighted by Gasteiger charge is 2.09. The highest BCUT2D eigenvalue weighted by Crippen LogP contribution is 2.28. The predicted octanol–water partition coefficient (Wildman–Crippen LogP) is 4.80. The summed E-state index contributed by atoms with van der Waals surface area (Å²) in [6, 6.07) is 14.7. The van der Waals surface area contributed by atoms with Gasteiger partial charge in [-0.1, -0.05) is 12.1 Å². The first-order chi connectivity index (χ1) is 12.1. The van der Waals surface area contributed by atoms with Crippen LogP contribution in [0.15, 0.2) is 54.7 Å². The normalized spacial score (nSPS) is 9.59. The Morgan fingerprint density at radius 3 is 2.33 bits per heavy atom. The fourth-order valence-corrected chi connectivity index (χ4v) is 2.55. The molecule has 0 saturated carbocycles. The standard InChI is InChI=1S/C19H20N4O2.2ClH/c1-23(2)14-9-7-13(8-10-14)21-19(24)22-16-11-12-20-18-15(16)5-4-6-17(18)25-3;;/h4-12H,1-3H3,(H2,20,21,22,24);2*1H. The molecule has 2 amide bonds. The first-order valence-electron chi connectivity index (χ1n) is 7.85. The molecule has 0 saturated heterocycles. The largest absolute Gasteiger partial charge is 0.494 e. The van der Waals surface area contributed by atoms with Crippen LogP contribution in [0, 0.1) is 0 Å². The fraction of sp³-hybridized carbons (Fsp3) is 0.158. The number of hydrogen-bond acceptors (Lipinski definition) is 4. The first-order valence-corrected chi connectivity index (χ1v) is 7.85. The number of anilines is 3. The van der Waals surface area contributed by atoms with E-state index in [4.69, 9.17) is 4.74 Å². The number of nitrogens with zero attached hydrogens (tertiary/aromatic N) is 2. The summed E-state index contributed by atoms with van der Waals surface area (Å²) < 4.78 is 5.32. The van der Waals surface area contributed by atoms with Crippen LogP contribution in [-0.4, -0.2) is 32.2 Å². The Morgan fingerprint density at radius 2 is 1.70 bits per heavy atom. The number of methoxy groups -OCH3 is 1. The van der Waals surface area contributed by atoms with E-state index in [9.17, 15) is 4.79 Å². The number of hydrogen-bond donors (Lipinski definition) is 2. The van der Waals surface area contributed by atoms with Gasteiger partial charge in [-0.15, -0.1) is 24.8 Å². The van der Waals surface area contributed by atoms with Crippen molar-refractivity contribution in [2.24, 2.45) is 0 Å². The van der Waals surface area contributed by atoms with Crippen molar-refractivity contribution < 1.29 is 9.53 Å². The quantitative estimate of drug-likeness (QED) is 0.650. The van der Waals surface area contributed by atoms with Gasteiger partial charge in [-0.2, -0.15) is 0 Å². The van der Waals surface area contributed by atoms with E-state index < -0.39 is 0 Å². The number of fused-ring (bicyclic) bond motifs is 1. The van der Waals surface area contributed by atoms with Crippen molar-refractivity contribution >= 4 is 58.8 Å². The van der Waals surface area contributed by atoms with Gasteiger partial charge in [0.2, 0.25) is 0 Å². The second kappa shape index (κ2) is 9.85. The molecule has 3 aromatic rings. The Balaban J connectivity index is 0.00000182. The van der Waals surface area contributed by atoms with Gasteiger partial charge in [0.15, 0.2) is 0 Å². The molecule has 0 aliphatic carbocycles. The van der Waals surface area contributed by atoms with Crippen LogP contribution in [0.1, 0.15) is 0 Å². The van der Waals surface area contributed by atoms with E-state index in [1.807, 2.05) is 61.5 Å². The lowest BCUT2D eigenvalue weighted by molar-refractivity contribution is 0.262. The zero-order valence-electron chi connectivity index (χ0n) is 15.2. The number of carbonyl (C=O) groups is 1. The number of aromatic nitrogens is 1. The molecule has 0 radical (unpaired) electrons. The molecule has 0 atom stereocenters. The minimum Gasteiger partial charge on any atom is -0.494 e. The van der Waals surface area contributed by atoms with E-state index in [1.54, 1.807) is 19.4 Å². The lowest BCUT2D eigenvalue weighted by atomic mass is 10.1. The Labute approximate surface area is 170 Å². The van der Waals surface area contributed by atoms with E-state index in [0.29, 0.717) is 17.0 Å². The Morgan fingerprint density at radius 1 is 1.00 bits per heavy atom. The van der Waals surface area contributed by atoms with E-state index in [2.05, 4.69) is 15.6 Å². The minimum absolute atomic E-state index is 0. The lowest BCUT2D eigenvalue weighted by Crippen LogP contribution is -2.19. The van der Waals surface area contributed by atoms with Gasteiger partial charge in [0.1, 0.15) is 11.3 Å². The highest BCUT2D eigenvalue weighted by atomic mass is 35.5. The lowest BCUT2D eigenvalue weighted by Gasteiger charge is -2.14. The zero-order chi connectivity index (χ0) is 17.8. The molecule has 3 rings (SSSR count). The summed E-state index contributed by atoms with van der Waals surface area (Å²) in [4.78, 5) is 18.6. The Bertz CT molecular complexity index is 902. The summed E-state index contributed by atoms with van der Waals surface area (Å²) in [5.74, 6) is 0.667. The second-order valence-electron chi connectivity index (χ2n) is 5.74. The molecule has 0 spiro atoms. The van der Waals surface area contributed by atoms with E-state index in [1.165, 1.54) is 0 Å². The van der Waals surface area contributed by atoms with Gasteiger partial charge >= 0.3 is 6.03 Å². The van der Waals surface area contributed by atoms with Gasteiger partial charge in [0.05, 0.1) is 12.8 Å². The van der Waals surface area contributed by atoms with Crippen LogP contribution in [0.25, 0.3) is 10.9 Å². The maximum absolute atomic E-state index is 12.3. The molecule has 2 N–H and O–H groups in total. The molecular formula is C19H22Cl2N4O2. The average Bonchev–Trinajstić information content (AvgIpc) is 2.62. The molecule has 0 fully saturated rings. The van der Waals surface area contributed by atoms with Gasteiger partial charge in [-0.25, -0.2) is 4.79 Å². The number of nitrogens with one attached hydrogen (secondary N) is 2. The third-order valence-electron chi connectivity index (χ3n) is 3.84. The summed E-state index contributed by atoms with van der Waals surface area (Å²) in [5.41, 5.74) is 3.17. The summed E-state index contributed by atoms with van der Waals surface area (Å²) >= 11 is 0. The SMILES string of the molecule is COc1cccc2c(NC(=O)Nc3ccc(N(C)C)cc3)ccnc12.Cl.Cl. The molecular weight excluding hydrogens is 387 g/mol. The molecule has 8 heteroatoms. The maximum Gasteiger partial charge on any atom is 0.323 e. The van der Waals surface area contributed by atoms with Crippen molar-refractivity contribution in [1.82, 2.24) is 4.98 Å². The monoisotopic (exact) mass is 408 g/mol. The summed E-state index contributed by atoms with van der Waals surface area (Å²) in [6.45, 7) is 0. The van der Waals surface area contributed by atoms with Crippen LogP contribution in [0.2, 0.25) is 0 Å². The topological polar surface area (TPSA) is 66.5 Å². The number of urea groups is 1. The van der Waals surface area contributed by atoms with E-state index in [0.717, 1.165) is 16.8 Å². The number of halogens is 2. The van der Waals surface area contributed by atoms with Crippen LogP contribution in [0.5, 0.6) is 5.75 Å². The molecule has 27 heavy (non-hydrogen) atoms. The first kappa shape index (κ1) is 22.3. The number of rotatable bonds is 4. The number of pyridine rings is 1. The predicted molar refractivity (Wildman–Crippen MR) is 116 cm³/mol.